The van der Waals surface area contributed by atoms with Crippen molar-refractivity contribution in [1.29, 1.82) is 0 Å². The average molecular weight is 472 g/mol. The molecule has 0 spiro atoms. The molecule has 2 aromatic rings. The number of aromatic nitrogens is 1. The smallest absolute Gasteiger partial charge is 0.191 e. The Morgan fingerprint density at radius 1 is 1.20 bits per heavy atom. The van der Waals surface area contributed by atoms with E-state index in [2.05, 4.69) is 61.5 Å². The summed E-state index contributed by atoms with van der Waals surface area (Å²) in [6, 6.07) is 6.52. The number of nitrogens with zero attached hydrogens (tertiary/aromatic N) is 2. The Kier molecular flexibility index (Phi) is 10.0. The van der Waals surface area contributed by atoms with Crippen LogP contribution in [0.15, 0.2) is 29.4 Å². The Balaban J connectivity index is 0.00000312. The number of guanidine groups is 1. The molecule has 25 heavy (non-hydrogen) atoms. The molecule has 1 aromatic heterocycles. The molecule has 1 aromatic carbocycles. The van der Waals surface area contributed by atoms with Gasteiger partial charge in [0.15, 0.2) is 5.96 Å². The first-order chi connectivity index (χ1) is 11.6. The van der Waals surface area contributed by atoms with Crippen LogP contribution in [0.1, 0.15) is 40.4 Å². The minimum absolute atomic E-state index is 0. The molecule has 0 saturated carbocycles. The zero-order valence-electron chi connectivity index (χ0n) is 15.6. The van der Waals surface area contributed by atoms with Crippen LogP contribution in [0.3, 0.4) is 0 Å². The van der Waals surface area contributed by atoms with E-state index in [1.807, 2.05) is 6.20 Å². The maximum atomic E-state index is 4.70. The minimum atomic E-state index is 0. The van der Waals surface area contributed by atoms with Gasteiger partial charge in [-0.15, -0.1) is 35.3 Å². The zero-order chi connectivity index (χ0) is 17.4. The van der Waals surface area contributed by atoms with Gasteiger partial charge in [-0.3, -0.25) is 0 Å². The summed E-state index contributed by atoms with van der Waals surface area (Å²) in [4.78, 5) is 10.5. The molecule has 0 saturated heterocycles. The predicted octanol–water partition coefficient (Wildman–Crippen LogP) is 4.24. The Morgan fingerprint density at radius 3 is 2.64 bits per heavy atom. The Hall–Kier alpha value is -1.15. The largest absolute Gasteiger partial charge is 0.357 e. The maximum absolute atomic E-state index is 4.70. The van der Waals surface area contributed by atoms with Crippen LogP contribution >= 0.6 is 35.3 Å². The third-order valence-corrected chi connectivity index (χ3v) is 5.03. The first-order valence-corrected chi connectivity index (χ1v) is 9.46. The highest BCUT2D eigenvalue weighted by Gasteiger charge is 2.03. The molecular weight excluding hydrogens is 443 g/mol. The highest BCUT2D eigenvalue weighted by Crippen LogP contribution is 2.13. The van der Waals surface area contributed by atoms with Crippen LogP contribution in [0.5, 0.6) is 0 Å². The Bertz CT molecular complexity index is 682. The van der Waals surface area contributed by atoms with E-state index in [1.54, 1.807) is 11.3 Å². The molecule has 0 aliphatic carbocycles. The second-order valence-corrected chi connectivity index (χ2v) is 7.08. The molecule has 4 nitrogen and oxygen atoms in total. The number of thiazole rings is 1. The Morgan fingerprint density at radius 2 is 2.00 bits per heavy atom. The number of halogens is 1. The lowest BCUT2D eigenvalue weighted by Gasteiger charge is -2.11. The van der Waals surface area contributed by atoms with E-state index in [1.165, 1.54) is 26.6 Å². The molecule has 138 valence electrons. The van der Waals surface area contributed by atoms with Crippen LogP contribution in [-0.4, -0.2) is 24.0 Å². The maximum Gasteiger partial charge on any atom is 0.191 e. The molecule has 6 heteroatoms. The van der Waals surface area contributed by atoms with Crippen LogP contribution in [0.25, 0.3) is 0 Å². The van der Waals surface area contributed by atoms with Crippen LogP contribution in [0.2, 0.25) is 0 Å². The van der Waals surface area contributed by atoms with Crippen molar-refractivity contribution in [3.05, 3.63) is 51.0 Å². The van der Waals surface area contributed by atoms with E-state index in [-0.39, 0.29) is 24.0 Å². The van der Waals surface area contributed by atoms with Gasteiger partial charge >= 0.3 is 0 Å². The number of hydrogen-bond donors (Lipinski definition) is 2. The highest BCUT2D eigenvalue weighted by atomic mass is 127. The topological polar surface area (TPSA) is 49.3 Å². The van der Waals surface area contributed by atoms with Crippen LogP contribution in [0.4, 0.5) is 0 Å². The van der Waals surface area contributed by atoms with Gasteiger partial charge in [0.1, 0.15) is 0 Å². The number of aliphatic imine (C=N–C) groups is 1. The van der Waals surface area contributed by atoms with E-state index in [0.29, 0.717) is 6.54 Å². The average Bonchev–Trinajstić information content (AvgIpc) is 3.02. The van der Waals surface area contributed by atoms with Crippen molar-refractivity contribution in [3.63, 3.8) is 0 Å². The summed E-state index contributed by atoms with van der Waals surface area (Å²) in [6.45, 7) is 10.9. The second-order valence-electron chi connectivity index (χ2n) is 5.88. The van der Waals surface area contributed by atoms with E-state index in [4.69, 9.17) is 4.99 Å². The van der Waals surface area contributed by atoms with Crippen molar-refractivity contribution in [3.8, 4) is 0 Å². The van der Waals surface area contributed by atoms with Crippen molar-refractivity contribution in [2.75, 3.05) is 13.1 Å². The normalized spacial score (nSPS) is 11.1. The lowest BCUT2D eigenvalue weighted by molar-refractivity contribution is 0.796. The number of aryl methyl sites for hydroxylation is 3. The summed E-state index contributed by atoms with van der Waals surface area (Å²) in [7, 11) is 0. The summed E-state index contributed by atoms with van der Waals surface area (Å²) in [5, 5.41) is 7.90. The molecule has 0 radical (unpaired) electrons. The van der Waals surface area contributed by atoms with Gasteiger partial charge in [-0.1, -0.05) is 30.7 Å². The fourth-order valence-corrected chi connectivity index (χ4v) is 3.31. The quantitative estimate of drug-likeness (QED) is 0.360. The van der Waals surface area contributed by atoms with Crippen molar-refractivity contribution in [1.82, 2.24) is 15.6 Å². The zero-order valence-corrected chi connectivity index (χ0v) is 18.7. The highest BCUT2D eigenvalue weighted by molar-refractivity contribution is 14.0. The first kappa shape index (κ1) is 21.9. The van der Waals surface area contributed by atoms with Crippen LogP contribution in [0, 0.1) is 13.8 Å². The molecule has 0 unspecified atom stereocenters. The molecule has 0 fully saturated rings. The number of rotatable bonds is 7. The van der Waals surface area contributed by atoms with E-state index in [9.17, 15) is 0 Å². The first-order valence-electron chi connectivity index (χ1n) is 8.64. The molecule has 0 aliphatic rings. The van der Waals surface area contributed by atoms with E-state index < -0.39 is 0 Å². The summed E-state index contributed by atoms with van der Waals surface area (Å²) < 4.78 is 0. The molecule has 1 heterocycles. The molecule has 0 bridgehead atoms. The fourth-order valence-electron chi connectivity index (χ4n) is 2.44. The van der Waals surface area contributed by atoms with Crippen molar-refractivity contribution >= 4 is 41.3 Å². The second kappa shape index (κ2) is 11.5. The Labute approximate surface area is 172 Å². The van der Waals surface area contributed by atoms with Gasteiger partial charge in [-0.05, 0) is 38.3 Å². The lowest BCUT2D eigenvalue weighted by Crippen LogP contribution is -2.38. The molecular formula is C19H29IN4S. The van der Waals surface area contributed by atoms with Crippen molar-refractivity contribution in [2.24, 2.45) is 4.99 Å². The summed E-state index contributed by atoms with van der Waals surface area (Å²) in [6.07, 6.45) is 3.98. The van der Waals surface area contributed by atoms with Gasteiger partial charge in [-0.2, -0.15) is 0 Å². The fraction of sp³-hybridized carbons (Fsp3) is 0.474. The molecule has 0 aliphatic heterocycles. The van der Waals surface area contributed by atoms with E-state index in [0.717, 1.165) is 31.9 Å². The third-order valence-electron chi connectivity index (χ3n) is 3.83. The van der Waals surface area contributed by atoms with Gasteiger partial charge in [0.05, 0.1) is 11.6 Å². The van der Waals surface area contributed by atoms with Crippen molar-refractivity contribution in [2.45, 2.75) is 47.1 Å². The van der Waals surface area contributed by atoms with Gasteiger partial charge in [0.25, 0.3) is 0 Å². The van der Waals surface area contributed by atoms with Gasteiger partial charge in [0, 0.05) is 30.6 Å². The van der Waals surface area contributed by atoms with Crippen LogP contribution < -0.4 is 10.6 Å². The summed E-state index contributed by atoms with van der Waals surface area (Å²) >= 11 is 1.80. The van der Waals surface area contributed by atoms with Gasteiger partial charge < -0.3 is 10.6 Å². The standard InChI is InChI=1S/C19H28N4S.HI/c1-5-17-13-22-18(24-17)9-10-21-19(20-6-2)23-12-16-8-7-14(3)11-15(16)4;/h7-8,11,13H,5-6,9-10,12H2,1-4H3,(H2,20,21,23);1H. The molecule has 0 amide bonds. The molecule has 0 atom stereocenters. The van der Waals surface area contributed by atoms with Crippen molar-refractivity contribution < 1.29 is 0 Å². The number of benzene rings is 1. The SMILES string of the molecule is CCNC(=NCc1ccc(C)cc1C)NCCc1ncc(CC)s1.I. The summed E-state index contributed by atoms with van der Waals surface area (Å²) in [5.74, 6) is 0.866. The van der Waals surface area contributed by atoms with Gasteiger partial charge in [0.2, 0.25) is 0 Å². The van der Waals surface area contributed by atoms with Crippen LogP contribution in [-0.2, 0) is 19.4 Å². The number of hydrogen-bond acceptors (Lipinski definition) is 3. The monoisotopic (exact) mass is 472 g/mol. The molecule has 2 N–H and O–H groups in total. The predicted molar refractivity (Wildman–Crippen MR) is 119 cm³/mol. The lowest BCUT2D eigenvalue weighted by atomic mass is 10.1. The minimum Gasteiger partial charge on any atom is -0.357 e. The third kappa shape index (κ3) is 7.32. The summed E-state index contributed by atoms with van der Waals surface area (Å²) in [5.41, 5.74) is 3.86. The number of nitrogens with one attached hydrogen (secondary N) is 2. The van der Waals surface area contributed by atoms with E-state index >= 15 is 0 Å². The molecule has 2 rings (SSSR count). The van der Waals surface area contributed by atoms with Gasteiger partial charge in [-0.25, -0.2) is 9.98 Å².